The molecule has 1 aliphatic carbocycles. The lowest BCUT2D eigenvalue weighted by Crippen LogP contribution is -2.23. The van der Waals surface area contributed by atoms with Crippen molar-refractivity contribution in [3.05, 3.63) is 11.1 Å². The molecule has 0 saturated heterocycles. The van der Waals surface area contributed by atoms with E-state index in [2.05, 4.69) is 0 Å². The summed E-state index contributed by atoms with van der Waals surface area (Å²) in [5.74, 6) is 0.0895. The zero-order chi connectivity index (χ0) is 7.94. The molecule has 1 nitrogen and oxygen atoms in total. The molecule has 0 aromatic rings. The molecule has 10 heavy (non-hydrogen) atoms. The Hall–Kier alpha value is -0.300. The van der Waals surface area contributed by atoms with Crippen LogP contribution in [0.5, 0.6) is 0 Å². The highest BCUT2D eigenvalue weighted by Gasteiger charge is 2.37. The molecule has 0 fully saturated rings. The Morgan fingerprint density at radius 3 is 2.10 bits per heavy atom. The first kappa shape index (κ1) is 7.80. The van der Waals surface area contributed by atoms with Crippen molar-refractivity contribution >= 4 is 17.4 Å². The number of allylic oxidation sites excluding steroid dienone is 2. The van der Waals surface area contributed by atoms with Gasteiger partial charge in [-0.15, -0.1) is 11.6 Å². The predicted octanol–water partition coefficient (Wildman–Crippen LogP) is 2.29. The summed E-state index contributed by atoms with van der Waals surface area (Å²) >= 11 is 5.92. The van der Waals surface area contributed by atoms with E-state index in [1.807, 2.05) is 13.8 Å². The lowest BCUT2D eigenvalue weighted by atomic mass is 10.1. The molecule has 0 radical (unpaired) electrons. The summed E-state index contributed by atoms with van der Waals surface area (Å²) in [6.07, 6.45) is 0.708. The Morgan fingerprint density at radius 2 is 2.00 bits per heavy atom. The number of carbonyl (C=O) groups is 1. The van der Waals surface area contributed by atoms with Crippen molar-refractivity contribution in [3.8, 4) is 0 Å². The molecule has 0 bridgehead atoms. The molecule has 0 N–H and O–H groups in total. The van der Waals surface area contributed by atoms with E-state index in [0.29, 0.717) is 6.42 Å². The first-order chi connectivity index (χ1) is 4.45. The normalized spacial score (nSPS) is 33.8. The fourth-order valence-electron chi connectivity index (χ4n) is 1.30. The summed E-state index contributed by atoms with van der Waals surface area (Å²) in [6.45, 7) is 5.57. The topological polar surface area (TPSA) is 17.1 Å². The Balaban J connectivity index is 2.99. The molecule has 1 atom stereocenters. The second kappa shape index (κ2) is 2.09. The smallest absolute Gasteiger partial charge is 0.179 e. The minimum absolute atomic E-state index is 0.0895. The molecule has 0 aliphatic heterocycles. The fourth-order valence-corrected chi connectivity index (χ4v) is 1.64. The summed E-state index contributed by atoms with van der Waals surface area (Å²) in [4.78, 5) is 10.6. The van der Waals surface area contributed by atoms with Gasteiger partial charge in [0.05, 0.1) is 0 Å². The van der Waals surface area contributed by atoms with Crippen LogP contribution in [0.3, 0.4) is 0 Å². The number of carbonyl (C=O) groups excluding carboxylic acids is 1. The maximum Gasteiger partial charge on any atom is 0.179 e. The predicted molar refractivity (Wildman–Crippen MR) is 42.3 cm³/mol. The standard InChI is InChI=1S/C8H11ClO/c1-5-4-8(3,9)7(10)6(5)2/h4H2,1-3H3. The minimum Gasteiger partial charge on any atom is -0.293 e. The van der Waals surface area contributed by atoms with Gasteiger partial charge in [0, 0.05) is 0 Å². The third-order valence-corrected chi connectivity index (χ3v) is 2.36. The lowest BCUT2D eigenvalue weighted by Gasteiger charge is -2.11. The third-order valence-electron chi connectivity index (χ3n) is 2.05. The zero-order valence-corrected chi connectivity index (χ0v) is 7.25. The van der Waals surface area contributed by atoms with Gasteiger partial charge in [-0.2, -0.15) is 0 Å². The van der Waals surface area contributed by atoms with E-state index < -0.39 is 4.87 Å². The van der Waals surface area contributed by atoms with Crippen LogP contribution in [0, 0.1) is 0 Å². The van der Waals surface area contributed by atoms with Crippen LogP contribution in [0.1, 0.15) is 27.2 Å². The van der Waals surface area contributed by atoms with Crippen molar-refractivity contribution in [3.63, 3.8) is 0 Å². The molecule has 1 unspecified atom stereocenters. The average Bonchev–Trinajstić information content (AvgIpc) is 1.95. The third kappa shape index (κ3) is 0.988. The summed E-state index contributed by atoms with van der Waals surface area (Å²) in [5, 5.41) is 0. The Labute approximate surface area is 66.1 Å². The first-order valence-electron chi connectivity index (χ1n) is 3.35. The maximum absolute atomic E-state index is 11.2. The summed E-state index contributed by atoms with van der Waals surface area (Å²) in [6, 6.07) is 0. The second-order valence-electron chi connectivity index (χ2n) is 3.11. The monoisotopic (exact) mass is 158 g/mol. The highest BCUT2D eigenvalue weighted by Crippen LogP contribution is 2.35. The number of alkyl halides is 1. The van der Waals surface area contributed by atoms with Crippen molar-refractivity contribution in [2.75, 3.05) is 0 Å². The average molecular weight is 159 g/mol. The van der Waals surface area contributed by atoms with Gasteiger partial charge in [-0.3, -0.25) is 4.79 Å². The number of hydrogen-bond acceptors (Lipinski definition) is 1. The van der Waals surface area contributed by atoms with Crippen molar-refractivity contribution in [1.29, 1.82) is 0 Å². The van der Waals surface area contributed by atoms with Crippen LogP contribution in [0.25, 0.3) is 0 Å². The van der Waals surface area contributed by atoms with Gasteiger partial charge < -0.3 is 0 Å². The SMILES string of the molecule is CC1=C(C)C(=O)C(C)(Cl)C1. The fraction of sp³-hybridized carbons (Fsp3) is 0.625. The lowest BCUT2D eigenvalue weighted by molar-refractivity contribution is -0.116. The van der Waals surface area contributed by atoms with Gasteiger partial charge in [-0.25, -0.2) is 0 Å². The maximum atomic E-state index is 11.2. The van der Waals surface area contributed by atoms with E-state index >= 15 is 0 Å². The van der Waals surface area contributed by atoms with Crippen LogP contribution in [-0.2, 0) is 4.79 Å². The Kier molecular flexibility index (Phi) is 1.63. The molecular formula is C8H11ClO. The summed E-state index contributed by atoms with van der Waals surface area (Å²) < 4.78 is 0. The number of halogens is 1. The summed E-state index contributed by atoms with van der Waals surface area (Å²) in [5.41, 5.74) is 1.97. The van der Waals surface area contributed by atoms with Crippen molar-refractivity contribution in [1.82, 2.24) is 0 Å². The van der Waals surface area contributed by atoms with E-state index in [0.717, 1.165) is 11.1 Å². The Morgan fingerprint density at radius 1 is 1.50 bits per heavy atom. The summed E-state index contributed by atoms with van der Waals surface area (Å²) in [7, 11) is 0. The molecule has 0 aromatic carbocycles. The van der Waals surface area contributed by atoms with Crippen LogP contribution < -0.4 is 0 Å². The van der Waals surface area contributed by atoms with Gasteiger partial charge in [-0.1, -0.05) is 5.57 Å². The van der Waals surface area contributed by atoms with E-state index in [-0.39, 0.29) is 5.78 Å². The molecule has 1 aliphatic rings. The largest absolute Gasteiger partial charge is 0.293 e. The van der Waals surface area contributed by atoms with Gasteiger partial charge in [0.15, 0.2) is 5.78 Å². The molecule has 56 valence electrons. The van der Waals surface area contributed by atoms with Crippen LogP contribution >= 0.6 is 11.6 Å². The molecule has 0 heterocycles. The molecule has 0 spiro atoms. The molecule has 0 amide bonds. The van der Waals surface area contributed by atoms with Gasteiger partial charge in [-0.05, 0) is 32.8 Å². The van der Waals surface area contributed by atoms with E-state index in [4.69, 9.17) is 11.6 Å². The van der Waals surface area contributed by atoms with Crippen molar-refractivity contribution < 1.29 is 4.79 Å². The molecule has 2 heteroatoms. The quantitative estimate of drug-likeness (QED) is 0.495. The Bertz CT molecular complexity index is 213. The highest BCUT2D eigenvalue weighted by molar-refractivity contribution is 6.38. The van der Waals surface area contributed by atoms with E-state index in [1.54, 1.807) is 6.92 Å². The molecule has 1 rings (SSSR count). The van der Waals surface area contributed by atoms with Gasteiger partial charge in [0.2, 0.25) is 0 Å². The second-order valence-corrected chi connectivity index (χ2v) is 3.94. The van der Waals surface area contributed by atoms with Gasteiger partial charge >= 0.3 is 0 Å². The van der Waals surface area contributed by atoms with Crippen LogP contribution in [0.4, 0.5) is 0 Å². The van der Waals surface area contributed by atoms with Gasteiger partial charge in [0.25, 0.3) is 0 Å². The highest BCUT2D eigenvalue weighted by atomic mass is 35.5. The van der Waals surface area contributed by atoms with Crippen molar-refractivity contribution in [2.24, 2.45) is 0 Å². The molecule has 0 saturated carbocycles. The first-order valence-corrected chi connectivity index (χ1v) is 3.73. The van der Waals surface area contributed by atoms with Crippen LogP contribution in [0.15, 0.2) is 11.1 Å². The zero-order valence-electron chi connectivity index (χ0n) is 6.49. The molecular weight excluding hydrogens is 148 g/mol. The number of hydrogen-bond donors (Lipinski definition) is 0. The van der Waals surface area contributed by atoms with Crippen LogP contribution in [-0.4, -0.2) is 10.7 Å². The number of rotatable bonds is 0. The van der Waals surface area contributed by atoms with Crippen molar-refractivity contribution in [2.45, 2.75) is 32.1 Å². The van der Waals surface area contributed by atoms with Gasteiger partial charge in [0.1, 0.15) is 4.87 Å². The number of Topliss-reactive ketones (excluding diaryl/α,β-unsaturated/α-hetero) is 1. The number of ketones is 1. The van der Waals surface area contributed by atoms with E-state index in [1.165, 1.54) is 0 Å². The van der Waals surface area contributed by atoms with Crippen LogP contribution in [0.2, 0.25) is 0 Å². The van der Waals surface area contributed by atoms with E-state index in [9.17, 15) is 4.79 Å². The molecule has 0 aromatic heterocycles. The minimum atomic E-state index is -0.645.